The Kier molecular flexibility index (Phi) is 5.72. The van der Waals surface area contributed by atoms with Crippen LogP contribution in [0.15, 0.2) is 42.5 Å². The zero-order valence-corrected chi connectivity index (χ0v) is 16.1. The van der Waals surface area contributed by atoms with Gasteiger partial charge in [0.1, 0.15) is 6.61 Å². The van der Waals surface area contributed by atoms with E-state index in [2.05, 4.69) is 5.32 Å². The summed E-state index contributed by atoms with van der Waals surface area (Å²) < 4.78 is 57.3. The summed E-state index contributed by atoms with van der Waals surface area (Å²) in [5.41, 5.74) is -0.288. The third kappa shape index (κ3) is 4.46. The third-order valence-corrected chi connectivity index (χ3v) is 5.03. The van der Waals surface area contributed by atoms with E-state index in [-0.39, 0.29) is 18.7 Å². The van der Waals surface area contributed by atoms with Gasteiger partial charge in [0.15, 0.2) is 11.5 Å². The van der Waals surface area contributed by atoms with Gasteiger partial charge in [-0.3, -0.25) is 4.79 Å². The van der Waals surface area contributed by atoms with Crippen molar-refractivity contribution in [1.82, 2.24) is 5.32 Å². The van der Waals surface area contributed by atoms with Gasteiger partial charge in [0.05, 0.1) is 18.8 Å². The van der Waals surface area contributed by atoms with Crippen LogP contribution in [0.4, 0.5) is 18.9 Å². The summed E-state index contributed by atoms with van der Waals surface area (Å²) in [6.07, 6.45) is -5.46. The fraction of sp³-hybridized carbons (Fsp3) is 0.381. The van der Waals surface area contributed by atoms with E-state index in [0.717, 1.165) is 6.07 Å². The first-order chi connectivity index (χ1) is 14.4. The number of carbonyl (C=O) groups is 1. The molecule has 30 heavy (non-hydrogen) atoms. The number of fused-ring (bicyclic) bond motifs is 1. The average Bonchev–Trinajstić information content (AvgIpc) is 2.77. The van der Waals surface area contributed by atoms with Gasteiger partial charge < -0.3 is 24.4 Å². The summed E-state index contributed by atoms with van der Waals surface area (Å²) in [6, 6.07) is 11.1. The van der Waals surface area contributed by atoms with Crippen LogP contribution in [0.1, 0.15) is 11.1 Å². The van der Waals surface area contributed by atoms with E-state index in [4.69, 9.17) is 14.2 Å². The van der Waals surface area contributed by atoms with Crippen molar-refractivity contribution in [2.45, 2.75) is 18.8 Å². The fourth-order valence-electron chi connectivity index (χ4n) is 3.45. The molecule has 2 aromatic rings. The Morgan fingerprint density at radius 3 is 2.57 bits per heavy atom. The van der Waals surface area contributed by atoms with Gasteiger partial charge in [0.2, 0.25) is 6.10 Å². The van der Waals surface area contributed by atoms with Gasteiger partial charge in [0.25, 0.3) is 5.91 Å². The van der Waals surface area contributed by atoms with E-state index < -0.39 is 23.8 Å². The summed E-state index contributed by atoms with van der Waals surface area (Å²) in [7, 11) is 0. The summed E-state index contributed by atoms with van der Waals surface area (Å²) in [6.45, 7) is 1.75. The van der Waals surface area contributed by atoms with Crippen LogP contribution >= 0.6 is 0 Å². The number of hydrogen-bond donors (Lipinski definition) is 1. The second-order valence-electron chi connectivity index (χ2n) is 7.02. The van der Waals surface area contributed by atoms with Crippen molar-refractivity contribution < 1.29 is 32.2 Å². The van der Waals surface area contributed by atoms with Gasteiger partial charge in [-0.1, -0.05) is 18.2 Å². The van der Waals surface area contributed by atoms with Crippen molar-refractivity contribution in [3.63, 3.8) is 0 Å². The molecule has 160 valence electrons. The predicted octanol–water partition coefficient (Wildman–Crippen LogP) is 3.00. The number of carbonyl (C=O) groups excluding carboxylic acids is 1. The van der Waals surface area contributed by atoms with Gasteiger partial charge in [0, 0.05) is 25.3 Å². The van der Waals surface area contributed by atoms with E-state index in [9.17, 15) is 18.0 Å². The molecule has 0 spiro atoms. The molecule has 0 aliphatic carbocycles. The second kappa shape index (κ2) is 8.43. The van der Waals surface area contributed by atoms with Gasteiger partial charge in [-0.2, -0.15) is 13.2 Å². The van der Waals surface area contributed by atoms with Crippen molar-refractivity contribution in [2.75, 3.05) is 37.8 Å². The molecule has 2 aliphatic heterocycles. The van der Waals surface area contributed by atoms with Crippen LogP contribution in [0, 0.1) is 0 Å². The highest BCUT2D eigenvalue weighted by atomic mass is 19.4. The van der Waals surface area contributed by atoms with E-state index in [0.29, 0.717) is 43.5 Å². The van der Waals surface area contributed by atoms with Gasteiger partial charge in [-0.15, -0.1) is 0 Å². The van der Waals surface area contributed by atoms with E-state index >= 15 is 0 Å². The quantitative estimate of drug-likeness (QED) is 0.821. The summed E-state index contributed by atoms with van der Waals surface area (Å²) in [5, 5.41) is 2.53. The number of rotatable bonds is 4. The highest BCUT2D eigenvalue weighted by molar-refractivity contribution is 5.81. The minimum atomic E-state index is -4.54. The number of alkyl halides is 3. The van der Waals surface area contributed by atoms with Crippen molar-refractivity contribution in [3.05, 3.63) is 53.6 Å². The largest absolute Gasteiger partial charge is 0.485 e. The smallest absolute Gasteiger partial charge is 0.416 e. The monoisotopic (exact) mass is 422 g/mol. The normalized spacial score (nSPS) is 18.8. The topological polar surface area (TPSA) is 60.0 Å². The molecule has 1 saturated heterocycles. The first kappa shape index (κ1) is 20.3. The van der Waals surface area contributed by atoms with Crippen LogP contribution < -0.4 is 19.7 Å². The molecular formula is C21H21F3N2O4. The predicted molar refractivity (Wildman–Crippen MR) is 103 cm³/mol. The number of para-hydroxylation sites is 2. The Hall–Kier alpha value is -2.94. The molecule has 1 fully saturated rings. The first-order valence-corrected chi connectivity index (χ1v) is 9.61. The number of ether oxygens (including phenoxy) is 3. The number of nitrogens with zero attached hydrogens (tertiary/aromatic N) is 1. The lowest BCUT2D eigenvalue weighted by molar-refractivity contribution is -0.138. The minimum Gasteiger partial charge on any atom is -0.485 e. The molecule has 0 radical (unpaired) electrons. The zero-order chi connectivity index (χ0) is 21.1. The molecule has 0 saturated carbocycles. The van der Waals surface area contributed by atoms with Crippen LogP contribution in [0.5, 0.6) is 11.5 Å². The highest BCUT2D eigenvalue weighted by Gasteiger charge is 2.35. The lowest BCUT2D eigenvalue weighted by atomic mass is 10.0. The number of amides is 1. The SMILES string of the molecule is O=C(NCc1ccc(N2CCOCC2)cc1C(F)(F)F)[C@@H]1COc2ccccc2O1. The number of hydrogen-bond acceptors (Lipinski definition) is 5. The van der Waals surface area contributed by atoms with Crippen LogP contribution in [0.2, 0.25) is 0 Å². The molecule has 4 rings (SSSR count). The Labute approximate surface area is 171 Å². The number of anilines is 1. The maximum Gasteiger partial charge on any atom is 0.416 e. The standard InChI is InChI=1S/C21H21F3N2O4/c22-21(23,24)16-11-15(26-7-9-28-10-8-26)6-5-14(16)12-25-20(27)19-13-29-17-3-1-2-4-18(17)30-19/h1-6,11,19H,7-10,12-13H2,(H,25,27)/t19-/m0/s1. The molecule has 0 unspecified atom stereocenters. The Balaban J connectivity index is 1.45. The third-order valence-electron chi connectivity index (χ3n) is 5.03. The van der Waals surface area contributed by atoms with Crippen LogP contribution in [-0.2, 0) is 22.3 Å². The molecule has 1 amide bonds. The van der Waals surface area contributed by atoms with Crippen molar-refractivity contribution in [2.24, 2.45) is 0 Å². The van der Waals surface area contributed by atoms with E-state index in [1.54, 1.807) is 30.3 Å². The van der Waals surface area contributed by atoms with Crippen LogP contribution in [0.3, 0.4) is 0 Å². The number of nitrogens with one attached hydrogen (secondary N) is 1. The molecule has 2 heterocycles. The second-order valence-corrected chi connectivity index (χ2v) is 7.02. The number of morpholine rings is 1. The minimum absolute atomic E-state index is 0.00898. The van der Waals surface area contributed by atoms with Crippen molar-refractivity contribution in [1.29, 1.82) is 0 Å². The number of benzene rings is 2. The molecule has 2 aromatic carbocycles. The van der Waals surface area contributed by atoms with Gasteiger partial charge in [-0.25, -0.2) is 0 Å². The Morgan fingerprint density at radius 2 is 1.83 bits per heavy atom. The fourth-order valence-corrected chi connectivity index (χ4v) is 3.45. The van der Waals surface area contributed by atoms with Crippen LogP contribution in [0.25, 0.3) is 0 Å². The molecule has 6 nitrogen and oxygen atoms in total. The molecular weight excluding hydrogens is 401 g/mol. The summed E-state index contributed by atoms with van der Waals surface area (Å²) >= 11 is 0. The van der Waals surface area contributed by atoms with Crippen LogP contribution in [-0.4, -0.2) is 44.9 Å². The summed E-state index contributed by atoms with van der Waals surface area (Å²) in [5.74, 6) is 0.421. The average molecular weight is 422 g/mol. The lowest BCUT2D eigenvalue weighted by Gasteiger charge is -2.30. The molecule has 1 N–H and O–H groups in total. The molecule has 1 atom stereocenters. The Bertz CT molecular complexity index is 913. The number of halogens is 3. The van der Waals surface area contributed by atoms with Gasteiger partial charge >= 0.3 is 6.18 Å². The maximum absolute atomic E-state index is 13.6. The lowest BCUT2D eigenvalue weighted by Crippen LogP contribution is -2.43. The summed E-state index contributed by atoms with van der Waals surface area (Å²) in [4.78, 5) is 14.3. The first-order valence-electron chi connectivity index (χ1n) is 9.61. The zero-order valence-electron chi connectivity index (χ0n) is 16.1. The Morgan fingerprint density at radius 1 is 1.10 bits per heavy atom. The van der Waals surface area contributed by atoms with Crippen molar-refractivity contribution in [3.8, 4) is 11.5 Å². The molecule has 0 aromatic heterocycles. The van der Waals surface area contributed by atoms with Gasteiger partial charge in [-0.05, 0) is 29.8 Å². The van der Waals surface area contributed by atoms with E-state index in [1.807, 2.05) is 4.90 Å². The molecule has 9 heteroatoms. The molecule has 2 aliphatic rings. The highest BCUT2D eigenvalue weighted by Crippen LogP contribution is 2.35. The maximum atomic E-state index is 13.6. The van der Waals surface area contributed by atoms with Crippen molar-refractivity contribution >= 4 is 11.6 Å². The molecule has 0 bridgehead atoms. The van der Waals surface area contributed by atoms with E-state index in [1.165, 1.54) is 6.07 Å².